The molecule has 2 rings (SSSR count). The lowest BCUT2D eigenvalue weighted by Gasteiger charge is -2.10. The Bertz CT molecular complexity index is 860. The normalized spacial score (nSPS) is 11.2. The summed E-state index contributed by atoms with van der Waals surface area (Å²) in [4.78, 5) is 10.3. The molecule has 0 radical (unpaired) electrons. The number of nitrogens with one attached hydrogen (secondary N) is 2. The number of rotatable bonds is 9. The fourth-order valence-electron chi connectivity index (χ4n) is 2.25. The maximum absolute atomic E-state index is 12.4. The van der Waals surface area contributed by atoms with E-state index in [1.807, 2.05) is 39.0 Å². The van der Waals surface area contributed by atoms with E-state index >= 15 is 0 Å². The highest BCUT2D eigenvalue weighted by atomic mass is 32.2. The molecular formula is C23H34N2O3S. The number of hydrogen-bond acceptors (Lipinski definition) is 4. The summed E-state index contributed by atoms with van der Waals surface area (Å²) < 4.78 is 27.4. The number of aldehydes is 1. The highest BCUT2D eigenvalue weighted by molar-refractivity contribution is 7.92. The predicted molar refractivity (Wildman–Crippen MR) is 122 cm³/mol. The van der Waals surface area contributed by atoms with Gasteiger partial charge in [-0.25, -0.2) is 8.42 Å². The first-order valence-electron chi connectivity index (χ1n) is 10.0. The van der Waals surface area contributed by atoms with Crippen molar-refractivity contribution in [2.45, 2.75) is 58.3 Å². The fourth-order valence-corrected chi connectivity index (χ4v) is 3.30. The van der Waals surface area contributed by atoms with Crippen LogP contribution in [0.4, 0.5) is 11.4 Å². The number of hydrogen-bond donors (Lipinski definition) is 2. The number of benzene rings is 2. The van der Waals surface area contributed by atoms with Gasteiger partial charge >= 0.3 is 0 Å². The molecule has 6 heteroatoms. The predicted octanol–water partition coefficient (Wildman–Crippen LogP) is 5.49. The number of carbonyl (C=O) groups is 1. The van der Waals surface area contributed by atoms with Gasteiger partial charge in [-0.2, -0.15) is 0 Å². The highest BCUT2D eigenvalue weighted by Gasteiger charge is 2.14. The van der Waals surface area contributed by atoms with Crippen molar-refractivity contribution in [3.8, 4) is 0 Å². The Morgan fingerprint density at radius 3 is 2.10 bits per heavy atom. The molecule has 0 aliphatic rings. The molecule has 0 bridgehead atoms. The van der Waals surface area contributed by atoms with Crippen LogP contribution in [0.25, 0.3) is 0 Å². The topological polar surface area (TPSA) is 75.3 Å². The Hall–Kier alpha value is -2.34. The summed E-state index contributed by atoms with van der Waals surface area (Å²) in [6, 6.07) is 14.3. The third kappa shape index (κ3) is 8.69. The van der Waals surface area contributed by atoms with Gasteiger partial charge in [-0.1, -0.05) is 52.3 Å². The van der Waals surface area contributed by atoms with Gasteiger partial charge in [0.15, 0.2) is 0 Å². The SMILES string of the molecule is CCC(C)(C)C=O.CCCCc1ccc(S(=O)(=O)Nc2cccc(NC)c2)cc1. The van der Waals surface area contributed by atoms with Crippen molar-refractivity contribution in [3.05, 3.63) is 54.1 Å². The van der Waals surface area contributed by atoms with Crippen LogP contribution in [0.3, 0.4) is 0 Å². The lowest BCUT2D eigenvalue weighted by atomic mass is 9.93. The summed E-state index contributed by atoms with van der Waals surface area (Å²) in [6.45, 7) is 8.01. The Kier molecular flexibility index (Phi) is 9.89. The van der Waals surface area contributed by atoms with Crippen molar-refractivity contribution in [2.75, 3.05) is 17.1 Å². The van der Waals surface area contributed by atoms with Crippen molar-refractivity contribution in [3.63, 3.8) is 0 Å². The maximum Gasteiger partial charge on any atom is 0.261 e. The van der Waals surface area contributed by atoms with Gasteiger partial charge in [0.1, 0.15) is 6.29 Å². The number of aryl methyl sites for hydroxylation is 1. The fraction of sp³-hybridized carbons (Fsp3) is 0.435. The molecule has 2 N–H and O–H groups in total. The molecule has 0 atom stereocenters. The number of anilines is 2. The van der Waals surface area contributed by atoms with Crippen LogP contribution in [0, 0.1) is 5.41 Å². The standard InChI is InChI=1S/C17H22N2O2S.C6H12O/c1-3-4-6-14-9-11-17(12-10-14)22(20,21)19-16-8-5-7-15(13-16)18-2;1-4-6(2,3)5-7/h5,7-13,18-19H,3-4,6H2,1-2H3;5H,4H2,1-3H3. The van der Waals surface area contributed by atoms with E-state index in [4.69, 9.17) is 0 Å². The summed E-state index contributed by atoms with van der Waals surface area (Å²) in [5.74, 6) is 0. The number of sulfonamides is 1. The zero-order chi connectivity index (χ0) is 21.9. The van der Waals surface area contributed by atoms with E-state index in [-0.39, 0.29) is 10.3 Å². The zero-order valence-corrected chi connectivity index (χ0v) is 19.0. The highest BCUT2D eigenvalue weighted by Crippen LogP contribution is 2.20. The lowest BCUT2D eigenvalue weighted by Crippen LogP contribution is -2.13. The van der Waals surface area contributed by atoms with Crippen LogP contribution in [-0.4, -0.2) is 21.8 Å². The van der Waals surface area contributed by atoms with E-state index in [9.17, 15) is 13.2 Å². The number of unbranched alkanes of at least 4 members (excludes halogenated alkanes) is 1. The third-order valence-electron chi connectivity index (χ3n) is 4.69. The first-order chi connectivity index (χ1) is 13.7. The van der Waals surface area contributed by atoms with Crippen molar-refractivity contribution < 1.29 is 13.2 Å². The lowest BCUT2D eigenvalue weighted by molar-refractivity contribution is -0.114. The quantitative estimate of drug-likeness (QED) is 0.528. The summed E-state index contributed by atoms with van der Waals surface area (Å²) in [7, 11) is -1.76. The second-order valence-electron chi connectivity index (χ2n) is 7.64. The molecular weight excluding hydrogens is 384 g/mol. The molecule has 29 heavy (non-hydrogen) atoms. The molecule has 0 saturated heterocycles. The van der Waals surface area contributed by atoms with E-state index in [1.165, 1.54) is 0 Å². The number of carbonyl (C=O) groups excluding carboxylic acids is 1. The van der Waals surface area contributed by atoms with Crippen LogP contribution in [0.15, 0.2) is 53.4 Å². The van der Waals surface area contributed by atoms with Gasteiger partial charge in [0.25, 0.3) is 10.0 Å². The van der Waals surface area contributed by atoms with Crippen LogP contribution in [-0.2, 0) is 21.2 Å². The molecule has 0 heterocycles. The molecule has 0 aliphatic carbocycles. The zero-order valence-electron chi connectivity index (χ0n) is 18.2. The van der Waals surface area contributed by atoms with Gasteiger partial charge in [0, 0.05) is 18.2 Å². The van der Waals surface area contributed by atoms with Crippen molar-refractivity contribution >= 4 is 27.7 Å². The second kappa shape index (κ2) is 11.6. The first kappa shape index (κ1) is 24.7. The van der Waals surface area contributed by atoms with Crippen LogP contribution >= 0.6 is 0 Å². The Labute approximate surface area is 176 Å². The van der Waals surface area contributed by atoms with Gasteiger partial charge in [-0.05, 0) is 55.2 Å². The molecule has 0 spiro atoms. The Balaban J connectivity index is 0.000000516. The minimum Gasteiger partial charge on any atom is -0.388 e. The second-order valence-corrected chi connectivity index (χ2v) is 9.33. The third-order valence-corrected chi connectivity index (χ3v) is 6.08. The molecule has 5 nitrogen and oxygen atoms in total. The van der Waals surface area contributed by atoms with Crippen molar-refractivity contribution in [1.29, 1.82) is 0 Å². The average Bonchev–Trinajstić information content (AvgIpc) is 2.73. The molecule has 160 valence electrons. The van der Waals surface area contributed by atoms with Crippen LogP contribution < -0.4 is 10.0 Å². The van der Waals surface area contributed by atoms with Crippen molar-refractivity contribution in [1.82, 2.24) is 0 Å². The summed E-state index contributed by atoms with van der Waals surface area (Å²) >= 11 is 0. The smallest absolute Gasteiger partial charge is 0.261 e. The minimum absolute atomic E-state index is 0.0972. The van der Waals surface area contributed by atoms with E-state index in [0.29, 0.717) is 5.69 Å². The van der Waals surface area contributed by atoms with Crippen LogP contribution in [0.1, 0.15) is 52.5 Å². The summed E-state index contributed by atoms with van der Waals surface area (Å²) in [5.41, 5.74) is 2.47. The molecule has 2 aromatic carbocycles. The Morgan fingerprint density at radius 1 is 1.00 bits per heavy atom. The van der Waals surface area contributed by atoms with Gasteiger partial charge < -0.3 is 10.1 Å². The maximum atomic E-state index is 12.4. The minimum atomic E-state index is -3.55. The van der Waals surface area contributed by atoms with Gasteiger partial charge in [0.05, 0.1) is 10.6 Å². The first-order valence-corrected chi connectivity index (χ1v) is 11.5. The summed E-state index contributed by atoms with van der Waals surface area (Å²) in [5, 5.41) is 2.99. The van der Waals surface area contributed by atoms with E-state index in [2.05, 4.69) is 17.0 Å². The van der Waals surface area contributed by atoms with Crippen molar-refractivity contribution in [2.24, 2.45) is 5.41 Å². The molecule has 0 fully saturated rings. The van der Waals surface area contributed by atoms with Gasteiger partial charge in [-0.3, -0.25) is 4.72 Å². The largest absolute Gasteiger partial charge is 0.388 e. The summed E-state index contributed by atoms with van der Waals surface area (Å²) in [6.07, 6.45) is 5.14. The molecule has 0 saturated carbocycles. The van der Waals surface area contributed by atoms with E-state index in [0.717, 1.165) is 43.2 Å². The van der Waals surface area contributed by atoms with E-state index in [1.54, 1.807) is 37.4 Å². The molecule has 0 amide bonds. The molecule has 0 aromatic heterocycles. The average molecular weight is 419 g/mol. The van der Waals surface area contributed by atoms with Crippen LogP contribution in [0.5, 0.6) is 0 Å². The Morgan fingerprint density at radius 2 is 1.62 bits per heavy atom. The van der Waals surface area contributed by atoms with Gasteiger partial charge in [0.2, 0.25) is 0 Å². The van der Waals surface area contributed by atoms with Gasteiger partial charge in [-0.15, -0.1) is 0 Å². The molecule has 0 unspecified atom stereocenters. The van der Waals surface area contributed by atoms with Crippen LogP contribution in [0.2, 0.25) is 0 Å². The monoisotopic (exact) mass is 418 g/mol. The van der Waals surface area contributed by atoms with E-state index < -0.39 is 10.0 Å². The molecule has 0 aliphatic heterocycles. The molecule has 2 aromatic rings.